The van der Waals surface area contributed by atoms with E-state index in [9.17, 15) is 0 Å². The van der Waals surface area contributed by atoms with Gasteiger partial charge in [-0.1, -0.05) is 54.0 Å². The first kappa shape index (κ1) is 13.1. The Morgan fingerprint density at radius 2 is 1.88 bits per heavy atom. The lowest BCUT2D eigenvalue weighted by molar-refractivity contribution is 0.402. The summed E-state index contributed by atoms with van der Waals surface area (Å²) in [7, 11) is 0. The molecule has 0 saturated heterocycles. The third kappa shape index (κ3) is 2.57. The summed E-state index contributed by atoms with van der Waals surface area (Å²) in [5, 5.41) is 4.20. The van der Waals surface area contributed by atoms with E-state index in [0.29, 0.717) is 0 Å². The Bertz CT molecular complexity index is 543. The molecule has 0 spiro atoms. The van der Waals surface area contributed by atoms with Crippen LogP contribution in [0.3, 0.4) is 0 Å². The van der Waals surface area contributed by atoms with Crippen molar-refractivity contribution in [2.75, 3.05) is 0 Å². The number of benzene rings is 1. The summed E-state index contributed by atoms with van der Waals surface area (Å²) in [6.45, 7) is 6.41. The largest absolute Gasteiger partial charge is 0.355 e. The Kier molecular flexibility index (Phi) is 3.63. The minimum atomic E-state index is -0.000466. The second kappa shape index (κ2) is 4.72. The second-order valence-corrected chi connectivity index (χ2v) is 6.84. The van der Waals surface area contributed by atoms with Crippen LogP contribution in [0.2, 0.25) is 0 Å². The Morgan fingerprint density at radius 1 is 1.24 bits per heavy atom. The normalized spacial score (nSPS) is 11.8. The number of halogens is 2. The molecule has 0 fully saturated rings. The van der Waals surface area contributed by atoms with Gasteiger partial charge in [0.05, 0.1) is 3.57 Å². The first-order valence-corrected chi connectivity index (χ1v) is 7.19. The van der Waals surface area contributed by atoms with Gasteiger partial charge in [0, 0.05) is 15.5 Å². The van der Waals surface area contributed by atoms with E-state index in [1.54, 1.807) is 0 Å². The molecule has 90 valence electrons. The molecule has 0 aliphatic rings. The molecule has 0 atom stereocenters. The Labute approximate surface area is 123 Å². The van der Waals surface area contributed by atoms with Gasteiger partial charge in [0.1, 0.15) is 5.69 Å². The molecule has 0 amide bonds. The summed E-state index contributed by atoms with van der Waals surface area (Å²) in [4.78, 5) is 0. The zero-order chi connectivity index (χ0) is 12.6. The van der Waals surface area contributed by atoms with Crippen LogP contribution in [0.25, 0.3) is 11.3 Å². The quantitative estimate of drug-likeness (QED) is 0.623. The summed E-state index contributed by atoms with van der Waals surface area (Å²) in [5.41, 5.74) is 2.04. The van der Waals surface area contributed by atoms with Gasteiger partial charge in [-0.2, -0.15) is 0 Å². The Hall–Kier alpha value is -0.360. The fraction of sp³-hybridized carbons (Fsp3) is 0.308. The molecular formula is C13H13BrINO. The lowest BCUT2D eigenvalue weighted by atomic mass is 9.92. The van der Waals surface area contributed by atoms with Gasteiger partial charge in [0.15, 0.2) is 5.76 Å². The fourth-order valence-corrected chi connectivity index (χ4v) is 3.32. The zero-order valence-electron chi connectivity index (χ0n) is 9.92. The van der Waals surface area contributed by atoms with E-state index in [4.69, 9.17) is 4.52 Å². The van der Waals surface area contributed by atoms with Crippen LogP contribution in [0, 0.1) is 3.57 Å². The molecule has 0 unspecified atom stereocenters. The van der Waals surface area contributed by atoms with E-state index >= 15 is 0 Å². The summed E-state index contributed by atoms with van der Waals surface area (Å²) in [6.07, 6.45) is 0. The summed E-state index contributed by atoms with van der Waals surface area (Å²) < 4.78 is 7.61. The van der Waals surface area contributed by atoms with Crippen LogP contribution in [-0.4, -0.2) is 5.16 Å². The minimum Gasteiger partial charge on any atom is -0.355 e. The van der Waals surface area contributed by atoms with Gasteiger partial charge in [0.25, 0.3) is 0 Å². The highest BCUT2D eigenvalue weighted by Crippen LogP contribution is 2.36. The summed E-state index contributed by atoms with van der Waals surface area (Å²) >= 11 is 5.84. The van der Waals surface area contributed by atoms with Crippen molar-refractivity contribution in [1.29, 1.82) is 0 Å². The van der Waals surface area contributed by atoms with Crippen molar-refractivity contribution in [1.82, 2.24) is 5.16 Å². The zero-order valence-corrected chi connectivity index (χ0v) is 13.7. The summed E-state index contributed by atoms with van der Waals surface area (Å²) in [5.74, 6) is 0.836. The average Bonchev–Trinajstić information content (AvgIpc) is 2.60. The van der Waals surface area contributed by atoms with Crippen molar-refractivity contribution in [2.24, 2.45) is 0 Å². The standard InChI is InChI=1S/C13H13BrINO/c1-13(2,3)12-10(15)11(17-16-12)8-6-4-5-7-9(8)14/h4-7H,1-3H3. The predicted octanol–water partition coefficient (Wildman–Crippen LogP) is 5.01. The van der Waals surface area contributed by atoms with E-state index in [1.165, 1.54) is 0 Å². The fourth-order valence-electron chi connectivity index (χ4n) is 1.56. The van der Waals surface area contributed by atoms with Crippen molar-refractivity contribution in [2.45, 2.75) is 26.2 Å². The number of hydrogen-bond donors (Lipinski definition) is 0. The maximum Gasteiger partial charge on any atom is 0.181 e. The third-order valence-electron chi connectivity index (χ3n) is 2.46. The first-order chi connectivity index (χ1) is 7.91. The molecule has 2 rings (SSSR count). The smallest absolute Gasteiger partial charge is 0.181 e. The van der Waals surface area contributed by atoms with Gasteiger partial charge in [-0.25, -0.2) is 0 Å². The highest BCUT2D eigenvalue weighted by Gasteiger charge is 2.25. The van der Waals surface area contributed by atoms with Crippen molar-refractivity contribution >= 4 is 38.5 Å². The van der Waals surface area contributed by atoms with Gasteiger partial charge in [-0.3, -0.25) is 0 Å². The predicted molar refractivity (Wildman–Crippen MR) is 81.1 cm³/mol. The topological polar surface area (TPSA) is 26.0 Å². The van der Waals surface area contributed by atoms with Crippen LogP contribution in [0.4, 0.5) is 0 Å². The van der Waals surface area contributed by atoms with Crippen molar-refractivity contribution in [3.05, 3.63) is 38.0 Å². The van der Waals surface area contributed by atoms with Crippen LogP contribution < -0.4 is 0 Å². The Morgan fingerprint density at radius 3 is 2.41 bits per heavy atom. The number of hydrogen-bond acceptors (Lipinski definition) is 2. The van der Waals surface area contributed by atoms with Gasteiger partial charge in [0.2, 0.25) is 0 Å². The number of rotatable bonds is 1. The number of nitrogens with zero attached hydrogens (tertiary/aromatic N) is 1. The van der Waals surface area contributed by atoms with Crippen LogP contribution in [-0.2, 0) is 5.41 Å². The van der Waals surface area contributed by atoms with Gasteiger partial charge in [-0.15, -0.1) is 0 Å². The molecule has 2 nitrogen and oxygen atoms in total. The molecule has 1 heterocycles. The highest BCUT2D eigenvalue weighted by molar-refractivity contribution is 14.1. The molecule has 0 N–H and O–H groups in total. The highest BCUT2D eigenvalue weighted by atomic mass is 127. The Balaban J connectivity index is 2.56. The minimum absolute atomic E-state index is 0.000466. The lowest BCUT2D eigenvalue weighted by Gasteiger charge is -2.14. The SMILES string of the molecule is CC(C)(C)c1noc(-c2ccccc2Br)c1I. The van der Waals surface area contributed by atoms with E-state index in [0.717, 1.165) is 25.1 Å². The summed E-state index contributed by atoms with van der Waals surface area (Å²) in [6, 6.07) is 8.01. The monoisotopic (exact) mass is 405 g/mol. The molecule has 0 radical (unpaired) electrons. The van der Waals surface area contributed by atoms with E-state index in [2.05, 4.69) is 64.4 Å². The maximum absolute atomic E-state index is 5.50. The van der Waals surface area contributed by atoms with Crippen LogP contribution in [0.15, 0.2) is 33.3 Å². The molecule has 2 aromatic rings. The van der Waals surface area contributed by atoms with Crippen LogP contribution in [0.5, 0.6) is 0 Å². The van der Waals surface area contributed by atoms with E-state index in [1.807, 2.05) is 24.3 Å². The molecule has 0 bridgehead atoms. The molecule has 17 heavy (non-hydrogen) atoms. The van der Waals surface area contributed by atoms with Crippen LogP contribution in [0.1, 0.15) is 26.5 Å². The average molecular weight is 406 g/mol. The third-order valence-corrected chi connectivity index (χ3v) is 4.16. The van der Waals surface area contributed by atoms with Gasteiger partial charge < -0.3 is 4.52 Å². The molecule has 0 aliphatic carbocycles. The molecule has 0 aliphatic heterocycles. The van der Waals surface area contributed by atoms with Gasteiger partial charge in [-0.05, 0) is 34.7 Å². The lowest BCUT2D eigenvalue weighted by Crippen LogP contribution is -2.13. The van der Waals surface area contributed by atoms with Crippen molar-refractivity contribution < 1.29 is 4.52 Å². The van der Waals surface area contributed by atoms with Crippen molar-refractivity contribution in [3.8, 4) is 11.3 Å². The molecular weight excluding hydrogens is 393 g/mol. The number of aromatic nitrogens is 1. The second-order valence-electron chi connectivity index (χ2n) is 4.90. The molecule has 1 aromatic heterocycles. The van der Waals surface area contributed by atoms with E-state index < -0.39 is 0 Å². The molecule has 0 saturated carbocycles. The van der Waals surface area contributed by atoms with Crippen molar-refractivity contribution in [3.63, 3.8) is 0 Å². The van der Waals surface area contributed by atoms with Gasteiger partial charge >= 0.3 is 0 Å². The first-order valence-electron chi connectivity index (χ1n) is 5.32. The molecule has 1 aromatic carbocycles. The van der Waals surface area contributed by atoms with Crippen LogP contribution >= 0.6 is 38.5 Å². The molecule has 4 heteroatoms. The van der Waals surface area contributed by atoms with E-state index in [-0.39, 0.29) is 5.41 Å². The maximum atomic E-state index is 5.50.